The van der Waals surface area contributed by atoms with Gasteiger partial charge in [0.2, 0.25) is 0 Å². The molecule has 0 N–H and O–H groups in total. The summed E-state index contributed by atoms with van der Waals surface area (Å²) >= 11 is 0. The first-order valence-corrected chi connectivity index (χ1v) is 29.5. The molecule has 0 rings (SSSR count). The molecule has 0 amide bonds. The number of allylic oxidation sites excluding steroid dienone is 20. The van der Waals surface area contributed by atoms with Crippen molar-refractivity contribution < 1.29 is 28.6 Å². The van der Waals surface area contributed by atoms with Crippen LogP contribution in [-0.2, 0) is 28.6 Å². The molecule has 1 atom stereocenters. The Bertz CT molecular complexity index is 1520. The number of hydrogen-bond acceptors (Lipinski definition) is 6. The lowest BCUT2D eigenvalue weighted by molar-refractivity contribution is -0.167. The highest BCUT2D eigenvalue weighted by atomic mass is 16.6. The first-order valence-electron chi connectivity index (χ1n) is 29.5. The zero-order chi connectivity index (χ0) is 52.2. The van der Waals surface area contributed by atoms with Gasteiger partial charge in [-0.3, -0.25) is 14.4 Å². The van der Waals surface area contributed by atoms with Crippen LogP contribution < -0.4 is 0 Å². The second kappa shape index (κ2) is 59.4. The van der Waals surface area contributed by atoms with Crippen LogP contribution in [0.4, 0.5) is 0 Å². The standard InChI is InChI=1S/C66H108O6/c1-4-7-10-13-16-19-22-25-28-29-30-31-32-33-34-35-36-37-39-41-44-47-50-53-56-59-65(68)71-62-63(61-70-64(67)58-55-52-49-46-43-40-27-24-21-18-15-12-9-6-3)72-66(69)60-57-54-51-48-45-42-38-26-23-20-17-14-11-8-5-2/h7,10,15-20,24-28,30-31,33-34,36-38,63H,4-6,8-9,11-14,21-23,29,32,35,39-62H2,1-3H3/b10-7-,18-15-,19-16-,20-17-,27-24-,28-25-,31-30-,34-33-,37-36-,38-26-. The van der Waals surface area contributed by atoms with Crippen LogP contribution in [0.3, 0.4) is 0 Å². The van der Waals surface area contributed by atoms with Crippen molar-refractivity contribution in [1.29, 1.82) is 0 Å². The number of hydrogen-bond donors (Lipinski definition) is 0. The van der Waals surface area contributed by atoms with Gasteiger partial charge < -0.3 is 14.2 Å². The van der Waals surface area contributed by atoms with Crippen LogP contribution in [0.5, 0.6) is 0 Å². The molecule has 0 aromatic heterocycles. The summed E-state index contributed by atoms with van der Waals surface area (Å²) < 4.78 is 16.8. The zero-order valence-electron chi connectivity index (χ0n) is 46.7. The van der Waals surface area contributed by atoms with E-state index in [1.165, 1.54) is 57.8 Å². The zero-order valence-corrected chi connectivity index (χ0v) is 46.7. The maximum atomic E-state index is 12.9. The molecule has 0 bridgehead atoms. The van der Waals surface area contributed by atoms with Crippen molar-refractivity contribution in [3.63, 3.8) is 0 Å². The molecule has 408 valence electrons. The molecular weight excluding hydrogens is 889 g/mol. The summed E-state index contributed by atoms with van der Waals surface area (Å²) in [6, 6.07) is 0. The molecule has 0 spiro atoms. The van der Waals surface area contributed by atoms with Crippen molar-refractivity contribution in [2.45, 2.75) is 264 Å². The molecule has 0 aliphatic rings. The van der Waals surface area contributed by atoms with Gasteiger partial charge in [0, 0.05) is 19.3 Å². The molecule has 0 saturated carbocycles. The Morgan fingerprint density at radius 2 is 0.556 bits per heavy atom. The number of ether oxygens (including phenoxy) is 3. The van der Waals surface area contributed by atoms with Crippen molar-refractivity contribution in [3.8, 4) is 0 Å². The van der Waals surface area contributed by atoms with Gasteiger partial charge in [0.25, 0.3) is 0 Å². The Hall–Kier alpha value is -4.19. The maximum Gasteiger partial charge on any atom is 0.306 e. The Balaban J connectivity index is 4.42. The molecule has 0 aliphatic heterocycles. The van der Waals surface area contributed by atoms with Gasteiger partial charge in [-0.15, -0.1) is 0 Å². The Labute approximate surface area is 443 Å². The molecule has 72 heavy (non-hydrogen) atoms. The summed E-state index contributed by atoms with van der Waals surface area (Å²) in [7, 11) is 0. The molecule has 0 radical (unpaired) electrons. The highest BCUT2D eigenvalue weighted by molar-refractivity contribution is 5.71. The molecular formula is C66H108O6. The van der Waals surface area contributed by atoms with Gasteiger partial charge in [-0.05, 0) is 128 Å². The topological polar surface area (TPSA) is 78.9 Å². The van der Waals surface area contributed by atoms with E-state index >= 15 is 0 Å². The van der Waals surface area contributed by atoms with E-state index in [9.17, 15) is 14.4 Å². The quantitative estimate of drug-likeness (QED) is 0.0261. The third-order valence-electron chi connectivity index (χ3n) is 12.2. The Morgan fingerprint density at radius 3 is 0.889 bits per heavy atom. The second-order valence-electron chi connectivity index (χ2n) is 19.2. The van der Waals surface area contributed by atoms with Gasteiger partial charge in [0.1, 0.15) is 13.2 Å². The highest BCUT2D eigenvalue weighted by Gasteiger charge is 2.19. The van der Waals surface area contributed by atoms with E-state index in [0.717, 1.165) is 161 Å². The largest absolute Gasteiger partial charge is 0.462 e. The van der Waals surface area contributed by atoms with Gasteiger partial charge in [0.15, 0.2) is 6.10 Å². The number of unbranched alkanes of at least 4 members (excludes halogenated alkanes) is 21. The first kappa shape index (κ1) is 67.8. The lowest BCUT2D eigenvalue weighted by Gasteiger charge is -2.18. The van der Waals surface area contributed by atoms with Crippen LogP contribution in [0.2, 0.25) is 0 Å². The molecule has 0 fully saturated rings. The van der Waals surface area contributed by atoms with Crippen LogP contribution in [0.1, 0.15) is 258 Å². The fourth-order valence-corrected chi connectivity index (χ4v) is 7.73. The normalized spacial score (nSPS) is 13.0. The predicted octanol–water partition coefficient (Wildman–Crippen LogP) is 20.0. The minimum Gasteiger partial charge on any atom is -0.462 e. The van der Waals surface area contributed by atoms with E-state index in [1.807, 2.05) is 0 Å². The smallest absolute Gasteiger partial charge is 0.306 e. The van der Waals surface area contributed by atoms with Gasteiger partial charge >= 0.3 is 17.9 Å². The van der Waals surface area contributed by atoms with E-state index in [4.69, 9.17) is 14.2 Å². The van der Waals surface area contributed by atoms with Crippen LogP contribution in [-0.4, -0.2) is 37.2 Å². The second-order valence-corrected chi connectivity index (χ2v) is 19.2. The maximum absolute atomic E-state index is 12.9. The fourth-order valence-electron chi connectivity index (χ4n) is 7.73. The van der Waals surface area contributed by atoms with E-state index in [2.05, 4.69) is 142 Å². The van der Waals surface area contributed by atoms with Crippen LogP contribution in [0.25, 0.3) is 0 Å². The van der Waals surface area contributed by atoms with E-state index < -0.39 is 6.10 Å². The van der Waals surface area contributed by atoms with Gasteiger partial charge in [-0.1, -0.05) is 232 Å². The Kier molecular flexibility index (Phi) is 55.9. The molecule has 0 saturated heterocycles. The van der Waals surface area contributed by atoms with E-state index in [1.54, 1.807) is 0 Å². The summed E-state index contributed by atoms with van der Waals surface area (Å²) in [6.45, 7) is 6.42. The highest BCUT2D eigenvalue weighted by Crippen LogP contribution is 2.14. The summed E-state index contributed by atoms with van der Waals surface area (Å²) in [4.78, 5) is 38.2. The number of carbonyl (C=O) groups excluding carboxylic acids is 3. The third kappa shape index (κ3) is 56.7. The van der Waals surface area contributed by atoms with Crippen molar-refractivity contribution in [2.24, 2.45) is 0 Å². The van der Waals surface area contributed by atoms with Gasteiger partial charge in [-0.2, -0.15) is 0 Å². The van der Waals surface area contributed by atoms with Gasteiger partial charge in [0.05, 0.1) is 0 Å². The van der Waals surface area contributed by atoms with Crippen molar-refractivity contribution in [2.75, 3.05) is 13.2 Å². The average Bonchev–Trinajstić information content (AvgIpc) is 3.38. The summed E-state index contributed by atoms with van der Waals surface area (Å²) in [5, 5.41) is 0. The first-order chi connectivity index (χ1) is 35.5. The molecule has 1 unspecified atom stereocenters. The fraction of sp³-hybridized carbons (Fsp3) is 0.652. The van der Waals surface area contributed by atoms with Crippen LogP contribution in [0.15, 0.2) is 122 Å². The lowest BCUT2D eigenvalue weighted by atomic mass is 10.1. The van der Waals surface area contributed by atoms with Crippen LogP contribution >= 0.6 is 0 Å². The minimum atomic E-state index is -0.801. The molecule has 0 aromatic rings. The number of carbonyl (C=O) groups is 3. The van der Waals surface area contributed by atoms with E-state index in [0.29, 0.717) is 19.3 Å². The van der Waals surface area contributed by atoms with Crippen molar-refractivity contribution >= 4 is 17.9 Å². The molecule has 0 aliphatic carbocycles. The number of rotatable bonds is 52. The van der Waals surface area contributed by atoms with Crippen molar-refractivity contribution in [3.05, 3.63) is 122 Å². The molecule has 0 aromatic carbocycles. The Morgan fingerprint density at radius 1 is 0.292 bits per heavy atom. The summed E-state index contributed by atoms with van der Waals surface area (Å²) in [6.07, 6.45) is 81.8. The summed E-state index contributed by atoms with van der Waals surface area (Å²) in [5.41, 5.74) is 0. The van der Waals surface area contributed by atoms with Crippen molar-refractivity contribution in [1.82, 2.24) is 0 Å². The molecule has 6 nitrogen and oxygen atoms in total. The third-order valence-corrected chi connectivity index (χ3v) is 12.2. The minimum absolute atomic E-state index is 0.0985. The monoisotopic (exact) mass is 997 g/mol. The molecule has 0 heterocycles. The average molecular weight is 998 g/mol. The predicted molar refractivity (Wildman–Crippen MR) is 311 cm³/mol. The molecule has 6 heteroatoms. The summed E-state index contributed by atoms with van der Waals surface area (Å²) in [5.74, 6) is -0.941. The lowest BCUT2D eigenvalue weighted by Crippen LogP contribution is -2.30. The number of esters is 3. The van der Waals surface area contributed by atoms with E-state index in [-0.39, 0.29) is 31.1 Å². The SMILES string of the molecule is CC/C=C\C/C=C\C/C=C\C/C=C\C/C=C\C/C=C\CCCCCCCCC(=O)OCC(COC(=O)CCCCCCC/C=C\C/C=C\CCCC)OC(=O)CCCCCCC/C=C\C/C=C\CCCCC. The van der Waals surface area contributed by atoms with Crippen LogP contribution in [0, 0.1) is 0 Å². The van der Waals surface area contributed by atoms with Gasteiger partial charge in [-0.25, -0.2) is 0 Å².